The molecule has 26 heavy (non-hydrogen) atoms. The molecule has 2 aromatic carbocycles. The molecular formula is C22H22FNO2. The molecule has 2 aromatic rings. The lowest BCUT2D eigenvalue weighted by Crippen LogP contribution is -2.31. The molecule has 0 aromatic heterocycles. The van der Waals surface area contributed by atoms with Crippen molar-refractivity contribution in [1.29, 1.82) is 5.26 Å². The number of nitrogens with zero attached hydrogens (tertiary/aromatic N) is 1. The van der Waals surface area contributed by atoms with Crippen molar-refractivity contribution in [2.24, 2.45) is 5.92 Å². The number of nitriles is 1. The van der Waals surface area contributed by atoms with E-state index in [4.69, 9.17) is 5.26 Å². The topological polar surface area (TPSA) is 61.1 Å². The summed E-state index contributed by atoms with van der Waals surface area (Å²) in [5.74, 6) is -0.0425. The van der Waals surface area contributed by atoms with Gasteiger partial charge in [0.1, 0.15) is 5.82 Å². The van der Waals surface area contributed by atoms with Crippen molar-refractivity contribution in [1.82, 2.24) is 0 Å². The van der Waals surface area contributed by atoms with Crippen molar-refractivity contribution in [3.8, 4) is 17.2 Å². The van der Waals surface area contributed by atoms with Gasteiger partial charge in [-0.1, -0.05) is 30.3 Å². The lowest BCUT2D eigenvalue weighted by molar-refractivity contribution is 0.00721. The number of aliphatic hydroxyl groups is 1. The van der Waals surface area contributed by atoms with Gasteiger partial charge in [-0.2, -0.15) is 5.26 Å². The van der Waals surface area contributed by atoms with E-state index in [1.807, 2.05) is 13.0 Å². The van der Waals surface area contributed by atoms with E-state index in [0.717, 1.165) is 25.7 Å². The number of hydrogen-bond donors (Lipinski definition) is 1. The molecule has 0 radical (unpaired) electrons. The highest BCUT2D eigenvalue weighted by Gasteiger charge is 2.29. The summed E-state index contributed by atoms with van der Waals surface area (Å²) in [6.45, 7) is 1.85. The van der Waals surface area contributed by atoms with Crippen LogP contribution < -0.4 is 0 Å². The predicted molar refractivity (Wildman–Crippen MR) is 98.1 cm³/mol. The molecule has 1 fully saturated rings. The Labute approximate surface area is 153 Å². The van der Waals surface area contributed by atoms with Gasteiger partial charge in [0, 0.05) is 17.5 Å². The molecule has 4 heteroatoms. The van der Waals surface area contributed by atoms with E-state index in [-0.39, 0.29) is 11.3 Å². The molecule has 0 aliphatic heterocycles. The number of benzene rings is 2. The fourth-order valence-corrected chi connectivity index (χ4v) is 3.54. The normalized spacial score (nSPS) is 22.6. The van der Waals surface area contributed by atoms with Gasteiger partial charge >= 0.3 is 0 Å². The molecule has 0 amide bonds. The minimum Gasteiger partial charge on any atom is -0.390 e. The maximum atomic E-state index is 14.1. The SMILES string of the molecule is C[C@]1(O)CC[C@@H](CC(=O)c2ccc(-c3ccc(C#N)cc3F)cc2)CC1. The van der Waals surface area contributed by atoms with E-state index < -0.39 is 11.4 Å². The molecule has 1 aliphatic carbocycles. The third-order valence-electron chi connectivity index (χ3n) is 5.27. The summed E-state index contributed by atoms with van der Waals surface area (Å²) in [5.41, 5.74) is 1.41. The van der Waals surface area contributed by atoms with Crippen molar-refractivity contribution in [3.63, 3.8) is 0 Å². The quantitative estimate of drug-likeness (QED) is 0.799. The minimum atomic E-state index is -0.591. The van der Waals surface area contributed by atoms with Crippen LogP contribution in [-0.4, -0.2) is 16.5 Å². The highest BCUT2D eigenvalue weighted by Crippen LogP contribution is 2.34. The van der Waals surface area contributed by atoms with Gasteiger partial charge in [-0.3, -0.25) is 4.79 Å². The molecule has 3 rings (SSSR count). The zero-order chi connectivity index (χ0) is 18.7. The van der Waals surface area contributed by atoms with Gasteiger partial charge in [0.2, 0.25) is 0 Å². The fourth-order valence-electron chi connectivity index (χ4n) is 3.54. The van der Waals surface area contributed by atoms with Gasteiger partial charge in [-0.05, 0) is 56.2 Å². The maximum absolute atomic E-state index is 14.1. The second-order valence-corrected chi connectivity index (χ2v) is 7.45. The van der Waals surface area contributed by atoms with E-state index in [1.54, 1.807) is 36.4 Å². The predicted octanol–water partition coefficient (Wildman–Crippen LogP) is 4.88. The molecule has 0 heterocycles. The lowest BCUT2D eigenvalue weighted by Gasteiger charge is -2.32. The van der Waals surface area contributed by atoms with E-state index in [1.165, 1.54) is 6.07 Å². The fraction of sp³-hybridized carbons (Fsp3) is 0.364. The van der Waals surface area contributed by atoms with Crippen molar-refractivity contribution in [2.75, 3.05) is 0 Å². The van der Waals surface area contributed by atoms with Crippen LogP contribution in [0.4, 0.5) is 4.39 Å². The zero-order valence-electron chi connectivity index (χ0n) is 14.8. The number of halogens is 1. The lowest BCUT2D eigenvalue weighted by atomic mass is 9.77. The largest absolute Gasteiger partial charge is 0.390 e. The maximum Gasteiger partial charge on any atom is 0.163 e. The Bertz CT molecular complexity index is 839. The molecule has 0 unspecified atom stereocenters. The van der Waals surface area contributed by atoms with E-state index in [9.17, 15) is 14.3 Å². The van der Waals surface area contributed by atoms with Crippen molar-refractivity contribution in [2.45, 2.75) is 44.6 Å². The number of hydrogen-bond acceptors (Lipinski definition) is 3. The smallest absolute Gasteiger partial charge is 0.163 e. The first-order chi connectivity index (χ1) is 12.4. The van der Waals surface area contributed by atoms with Crippen LogP contribution in [0.5, 0.6) is 0 Å². The molecule has 0 atom stereocenters. The number of rotatable bonds is 4. The van der Waals surface area contributed by atoms with Crippen molar-refractivity contribution >= 4 is 5.78 Å². The summed E-state index contributed by atoms with van der Waals surface area (Å²) in [7, 11) is 0. The summed E-state index contributed by atoms with van der Waals surface area (Å²) in [6, 6.07) is 13.2. The third kappa shape index (κ3) is 4.17. The molecule has 3 nitrogen and oxygen atoms in total. The number of carbonyl (C=O) groups is 1. The van der Waals surface area contributed by atoms with Crippen LogP contribution in [0.25, 0.3) is 11.1 Å². The molecular weight excluding hydrogens is 329 g/mol. The first kappa shape index (κ1) is 18.3. The van der Waals surface area contributed by atoms with Crippen LogP contribution >= 0.6 is 0 Å². The van der Waals surface area contributed by atoms with E-state index in [2.05, 4.69) is 0 Å². The number of carbonyl (C=O) groups excluding carboxylic acids is 1. The van der Waals surface area contributed by atoms with Crippen LogP contribution in [-0.2, 0) is 0 Å². The average Bonchev–Trinajstić information content (AvgIpc) is 2.63. The van der Waals surface area contributed by atoms with Crippen LogP contribution in [0.3, 0.4) is 0 Å². The summed E-state index contributed by atoms with van der Waals surface area (Å²) in [4.78, 5) is 12.5. The zero-order valence-corrected chi connectivity index (χ0v) is 14.8. The van der Waals surface area contributed by atoms with E-state index >= 15 is 0 Å². The van der Waals surface area contributed by atoms with Gasteiger partial charge in [-0.15, -0.1) is 0 Å². The first-order valence-corrected chi connectivity index (χ1v) is 8.94. The Balaban J connectivity index is 1.68. The van der Waals surface area contributed by atoms with Crippen LogP contribution in [0, 0.1) is 23.1 Å². The molecule has 0 bridgehead atoms. The third-order valence-corrected chi connectivity index (χ3v) is 5.27. The molecule has 1 saturated carbocycles. The second kappa shape index (κ2) is 7.39. The van der Waals surface area contributed by atoms with Crippen LogP contribution in [0.2, 0.25) is 0 Å². The van der Waals surface area contributed by atoms with Crippen molar-refractivity contribution < 1.29 is 14.3 Å². The highest BCUT2D eigenvalue weighted by atomic mass is 19.1. The van der Waals surface area contributed by atoms with Gasteiger partial charge < -0.3 is 5.11 Å². The Morgan fingerprint density at radius 3 is 2.46 bits per heavy atom. The van der Waals surface area contributed by atoms with Crippen LogP contribution in [0.15, 0.2) is 42.5 Å². The Morgan fingerprint density at radius 1 is 1.23 bits per heavy atom. The van der Waals surface area contributed by atoms with E-state index in [0.29, 0.717) is 29.0 Å². The molecule has 134 valence electrons. The molecule has 1 aliphatic rings. The Kier molecular flexibility index (Phi) is 5.20. The standard InChI is InChI=1S/C22H22FNO2/c1-22(26)10-8-15(9-11-22)13-21(25)18-5-3-17(4-6-18)19-7-2-16(14-24)12-20(19)23/h2-7,12,15,26H,8-11,13H2,1H3/t15-,22+. The van der Waals surface area contributed by atoms with Gasteiger partial charge in [-0.25, -0.2) is 4.39 Å². The van der Waals surface area contributed by atoms with Gasteiger partial charge in [0.15, 0.2) is 5.78 Å². The number of Topliss-reactive ketones (excluding diaryl/α,β-unsaturated/α-hetero) is 1. The minimum absolute atomic E-state index is 0.0865. The molecule has 0 spiro atoms. The molecule has 0 saturated heterocycles. The average molecular weight is 351 g/mol. The number of ketones is 1. The molecule has 1 N–H and O–H groups in total. The monoisotopic (exact) mass is 351 g/mol. The van der Waals surface area contributed by atoms with Crippen LogP contribution in [0.1, 0.15) is 54.9 Å². The van der Waals surface area contributed by atoms with Gasteiger partial charge in [0.05, 0.1) is 17.2 Å². The summed E-state index contributed by atoms with van der Waals surface area (Å²) in [6.07, 6.45) is 3.70. The highest BCUT2D eigenvalue weighted by molar-refractivity contribution is 5.96. The summed E-state index contributed by atoms with van der Waals surface area (Å²) < 4.78 is 14.1. The Morgan fingerprint density at radius 2 is 1.88 bits per heavy atom. The first-order valence-electron chi connectivity index (χ1n) is 8.94. The Hall–Kier alpha value is -2.51. The van der Waals surface area contributed by atoms with Crippen molar-refractivity contribution in [3.05, 3.63) is 59.4 Å². The second-order valence-electron chi connectivity index (χ2n) is 7.45. The summed E-state index contributed by atoms with van der Waals surface area (Å²) >= 11 is 0. The summed E-state index contributed by atoms with van der Waals surface area (Å²) in [5, 5.41) is 18.8. The van der Waals surface area contributed by atoms with Gasteiger partial charge in [0.25, 0.3) is 0 Å².